The molecule has 1 fully saturated rings. The standard InChI is InChI=1S/C18H29N3O2S.HI/c1-4-19-18(21-14-8-6-9-15(11-14)24-3)20-12-13-7-5-10-16(23-2)17(13)22;/h5,7,10,14-15,22H,4,6,8-9,11-12H2,1-3H3,(H2,19,20,21);1H. The summed E-state index contributed by atoms with van der Waals surface area (Å²) in [5, 5.41) is 17.8. The normalized spacial score (nSPS) is 20.5. The van der Waals surface area contributed by atoms with E-state index in [4.69, 9.17) is 4.74 Å². The average Bonchev–Trinajstić information content (AvgIpc) is 2.61. The molecule has 0 saturated heterocycles. The highest BCUT2D eigenvalue weighted by Gasteiger charge is 2.21. The monoisotopic (exact) mass is 479 g/mol. The van der Waals surface area contributed by atoms with Gasteiger partial charge in [-0.1, -0.05) is 18.6 Å². The first-order valence-electron chi connectivity index (χ1n) is 8.60. The van der Waals surface area contributed by atoms with Gasteiger partial charge in [0.05, 0.1) is 13.7 Å². The Bertz CT molecular complexity index is 557. The van der Waals surface area contributed by atoms with Gasteiger partial charge >= 0.3 is 0 Å². The van der Waals surface area contributed by atoms with Gasteiger partial charge in [-0.25, -0.2) is 4.99 Å². The molecular formula is C18H30IN3O2S. The van der Waals surface area contributed by atoms with Crippen LogP contribution in [0.25, 0.3) is 0 Å². The van der Waals surface area contributed by atoms with Gasteiger partial charge in [0.1, 0.15) is 0 Å². The van der Waals surface area contributed by atoms with Crippen LogP contribution in [-0.2, 0) is 6.54 Å². The number of methoxy groups -OCH3 is 1. The molecule has 0 aromatic heterocycles. The minimum atomic E-state index is 0. The fraction of sp³-hybridized carbons (Fsp3) is 0.611. The number of para-hydroxylation sites is 1. The molecule has 1 saturated carbocycles. The van der Waals surface area contributed by atoms with Crippen molar-refractivity contribution in [1.29, 1.82) is 0 Å². The van der Waals surface area contributed by atoms with Crippen molar-refractivity contribution in [3.63, 3.8) is 0 Å². The Morgan fingerprint density at radius 2 is 2.20 bits per heavy atom. The van der Waals surface area contributed by atoms with Crippen molar-refractivity contribution in [2.45, 2.75) is 50.4 Å². The predicted molar refractivity (Wildman–Crippen MR) is 118 cm³/mol. The van der Waals surface area contributed by atoms with E-state index in [-0.39, 0.29) is 29.7 Å². The lowest BCUT2D eigenvalue weighted by atomic mass is 9.95. The second-order valence-corrected chi connectivity index (χ2v) is 7.17. The number of thioether (sulfide) groups is 1. The fourth-order valence-corrected chi connectivity index (χ4v) is 3.85. The van der Waals surface area contributed by atoms with Gasteiger partial charge < -0.3 is 20.5 Å². The average molecular weight is 479 g/mol. The molecule has 1 aromatic rings. The minimum Gasteiger partial charge on any atom is -0.504 e. The van der Waals surface area contributed by atoms with Crippen LogP contribution in [0.1, 0.15) is 38.2 Å². The third kappa shape index (κ3) is 6.77. The third-order valence-electron chi connectivity index (χ3n) is 4.35. The first-order chi connectivity index (χ1) is 11.7. The van der Waals surface area contributed by atoms with E-state index >= 15 is 0 Å². The van der Waals surface area contributed by atoms with Crippen molar-refractivity contribution < 1.29 is 9.84 Å². The first-order valence-corrected chi connectivity index (χ1v) is 9.89. The summed E-state index contributed by atoms with van der Waals surface area (Å²) >= 11 is 1.96. The summed E-state index contributed by atoms with van der Waals surface area (Å²) in [6.07, 6.45) is 7.13. The summed E-state index contributed by atoms with van der Waals surface area (Å²) in [7, 11) is 1.55. The summed E-state index contributed by atoms with van der Waals surface area (Å²) in [5.74, 6) is 1.46. The van der Waals surface area contributed by atoms with Gasteiger partial charge in [0.15, 0.2) is 17.5 Å². The molecule has 2 atom stereocenters. The van der Waals surface area contributed by atoms with Crippen LogP contribution in [0.5, 0.6) is 11.5 Å². The van der Waals surface area contributed by atoms with Gasteiger partial charge in [-0.3, -0.25) is 0 Å². The number of nitrogens with one attached hydrogen (secondary N) is 2. The smallest absolute Gasteiger partial charge is 0.191 e. The van der Waals surface area contributed by atoms with Gasteiger partial charge in [-0.2, -0.15) is 11.8 Å². The minimum absolute atomic E-state index is 0. The van der Waals surface area contributed by atoms with E-state index in [2.05, 4.69) is 28.8 Å². The molecule has 3 N–H and O–H groups in total. The van der Waals surface area contributed by atoms with E-state index in [1.807, 2.05) is 23.9 Å². The van der Waals surface area contributed by atoms with Crippen LogP contribution >= 0.6 is 35.7 Å². The van der Waals surface area contributed by atoms with E-state index in [9.17, 15) is 5.11 Å². The zero-order valence-corrected chi connectivity index (χ0v) is 18.4. The summed E-state index contributed by atoms with van der Waals surface area (Å²) in [6, 6.07) is 5.95. The maximum absolute atomic E-state index is 10.2. The predicted octanol–water partition coefficient (Wildman–Crippen LogP) is 3.75. The van der Waals surface area contributed by atoms with E-state index in [0.717, 1.165) is 23.3 Å². The van der Waals surface area contributed by atoms with Crippen LogP contribution < -0.4 is 15.4 Å². The molecule has 2 rings (SSSR count). The second-order valence-electron chi connectivity index (χ2n) is 6.03. The zero-order chi connectivity index (χ0) is 17.4. The number of phenols is 1. The number of guanidine groups is 1. The molecule has 5 nitrogen and oxygen atoms in total. The van der Waals surface area contributed by atoms with Crippen LogP contribution in [0.15, 0.2) is 23.2 Å². The van der Waals surface area contributed by atoms with Crippen molar-refractivity contribution in [3.05, 3.63) is 23.8 Å². The van der Waals surface area contributed by atoms with Gasteiger partial charge in [-0.05, 0) is 38.5 Å². The van der Waals surface area contributed by atoms with Gasteiger partial charge in [0.2, 0.25) is 0 Å². The number of benzene rings is 1. The van der Waals surface area contributed by atoms with E-state index in [1.165, 1.54) is 25.7 Å². The lowest BCUT2D eigenvalue weighted by molar-refractivity contribution is 0.370. The fourth-order valence-electron chi connectivity index (χ4n) is 3.03. The topological polar surface area (TPSA) is 65.9 Å². The third-order valence-corrected chi connectivity index (χ3v) is 5.45. The van der Waals surface area contributed by atoms with Crippen molar-refractivity contribution in [2.75, 3.05) is 19.9 Å². The Morgan fingerprint density at radius 1 is 1.40 bits per heavy atom. The molecule has 7 heteroatoms. The molecule has 142 valence electrons. The van der Waals surface area contributed by atoms with Crippen LogP contribution in [0.4, 0.5) is 0 Å². The second kappa shape index (κ2) is 11.7. The molecule has 0 amide bonds. The quantitative estimate of drug-likeness (QED) is 0.330. The van der Waals surface area contributed by atoms with Gasteiger partial charge in [0.25, 0.3) is 0 Å². The number of nitrogens with zero attached hydrogens (tertiary/aromatic N) is 1. The molecular weight excluding hydrogens is 449 g/mol. The molecule has 0 spiro atoms. The highest BCUT2D eigenvalue weighted by Crippen LogP contribution is 2.30. The van der Waals surface area contributed by atoms with Crippen molar-refractivity contribution in [2.24, 2.45) is 4.99 Å². The highest BCUT2D eigenvalue weighted by atomic mass is 127. The van der Waals surface area contributed by atoms with Crippen molar-refractivity contribution >= 4 is 41.7 Å². The molecule has 1 aromatic carbocycles. The number of ether oxygens (including phenoxy) is 1. The van der Waals surface area contributed by atoms with E-state index in [1.54, 1.807) is 13.2 Å². The number of halogens is 1. The first kappa shape index (κ1) is 22.2. The molecule has 2 unspecified atom stereocenters. The lowest BCUT2D eigenvalue weighted by Crippen LogP contribution is -2.45. The van der Waals surface area contributed by atoms with Gasteiger partial charge in [0, 0.05) is 23.4 Å². The van der Waals surface area contributed by atoms with E-state index < -0.39 is 0 Å². The largest absolute Gasteiger partial charge is 0.504 e. The SMILES string of the molecule is CCNC(=NCc1cccc(OC)c1O)NC1CCCC(SC)C1.I. The molecule has 0 heterocycles. The lowest BCUT2D eigenvalue weighted by Gasteiger charge is -2.29. The number of rotatable bonds is 6. The van der Waals surface area contributed by atoms with Crippen LogP contribution in [0.3, 0.4) is 0 Å². The summed E-state index contributed by atoms with van der Waals surface area (Å²) < 4.78 is 5.15. The molecule has 1 aliphatic carbocycles. The van der Waals surface area contributed by atoms with Gasteiger partial charge in [-0.15, -0.1) is 24.0 Å². The maximum atomic E-state index is 10.2. The molecule has 0 aliphatic heterocycles. The zero-order valence-electron chi connectivity index (χ0n) is 15.2. The van der Waals surface area contributed by atoms with Crippen molar-refractivity contribution in [3.8, 4) is 11.5 Å². The molecule has 0 radical (unpaired) electrons. The summed E-state index contributed by atoms with van der Waals surface area (Å²) in [4.78, 5) is 4.64. The highest BCUT2D eigenvalue weighted by molar-refractivity contribution is 14.0. The number of aliphatic imine (C=N–C) groups is 1. The Kier molecular flexibility index (Phi) is 10.4. The number of aromatic hydroxyl groups is 1. The Labute approximate surface area is 172 Å². The molecule has 1 aliphatic rings. The Balaban J connectivity index is 0.00000312. The van der Waals surface area contributed by atoms with Crippen LogP contribution in [0.2, 0.25) is 0 Å². The Morgan fingerprint density at radius 3 is 2.88 bits per heavy atom. The number of phenolic OH excluding ortho intramolecular Hbond substituents is 1. The Hall–Kier alpha value is -0.830. The van der Waals surface area contributed by atoms with Crippen LogP contribution in [-0.4, -0.2) is 42.3 Å². The number of hydrogen-bond acceptors (Lipinski definition) is 4. The van der Waals surface area contributed by atoms with Crippen LogP contribution in [0, 0.1) is 0 Å². The number of hydrogen-bond donors (Lipinski definition) is 3. The van der Waals surface area contributed by atoms with Crippen molar-refractivity contribution in [1.82, 2.24) is 10.6 Å². The summed E-state index contributed by atoms with van der Waals surface area (Å²) in [5.41, 5.74) is 0.761. The maximum Gasteiger partial charge on any atom is 0.191 e. The summed E-state index contributed by atoms with van der Waals surface area (Å²) in [6.45, 7) is 3.29. The molecule has 25 heavy (non-hydrogen) atoms. The van der Waals surface area contributed by atoms with E-state index in [0.29, 0.717) is 18.3 Å². The molecule has 0 bridgehead atoms.